The quantitative estimate of drug-likeness (QED) is 0.518. The van der Waals surface area contributed by atoms with Crippen molar-refractivity contribution in [3.8, 4) is 11.1 Å². The van der Waals surface area contributed by atoms with Crippen LogP contribution < -0.4 is 5.56 Å². The van der Waals surface area contributed by atoms with Gasteiger partial charge in [0.1, 0.15) is 0 Å². The molecule has 0 fully saturated rings. The molecule has 0 aliphatic carbocycles. The van der Waals surface area contributed by atoms with Gasteiger partial charge >= 0.3 is 0 Å². The lowest BCUT2D eigenvalue weighted by Gasteiger charge is -2.05. The Morgan fingerprint density at radius 2 is 1.63 bits per heavy atom. The van der Waals surface area contributed by atoms with Crippen molar-refractivity contribution in [3.63, 3.8) is 0 Å². The molecule has 0 unspecified atom stereocenters. The first-order valence-corrected chi connectivity index (χ1v) is 6.05. The van der Waals surface area contributed by atoms with Gasteiger partial charge in [-0.1, -0.05) is 34.8 Å². The second kappa shape index (κ2) is 5.21. The van der Waals surface area contributed by atoms with Gasteiger partial charge in [-0.25, -0.2) is 0 Å². The molecule has 1 aromatic heterocycles. The number of nitrogens with one attached hydrogen (secondary N) is 1. The highest BCUT2D eigenvalue weighted by atomic mass is 35.5. The van der Waals surface area contributed by atoms with Crippen molar-refractivity contribution in [2.45, 2.75) is 0 Å². The maximum absolute atomic E-state index is 11.7. The van der Waals surface area contributed by atoms with E-state index in [1.807, 2.05) is 0 Å². The summed E-state index contributed by atoms with van der Waals surface area (Å²) in [6, 6.07) is 3.89. The van der Waals surface area contributed by atoms with Gasteiger partial charge in [-0.15, -0.1) is 0 Å². The SMILES string of the molecule is O=c1[nH]cc([N+](=O)[O-])cc1-c1cc(Cl)c(Cl)cc1Cl. The first-order valence-electron chi connectivity index (χ1n) is 4.92. The van der Waals surface area contributed by atoms with Crippen molar-refractivity contribution in [1.29, 1.82) is 0 Å². The van der Waals surface area contributed by atoms with Crippen molar-refractivity contribution < 1.29 is 4.92 Å². The Balaban J connectivity index is 2.71. The third kappa shape index (κ3) is 2.73. The Bertz CT molecular complexity index is 728. The molecule has 5 nitrogen and oxygen atoms in total. The Morgan fingerprint density at radius 1 is 1.00 bits per heavy atom. The Hall–Kier alpha value is -1.56. The summed E-state index contributed by atoms with van der Waals surface area (Å²) in [4.78, 5) is 24.1. The van der Waals surface area contributed by atoms with Crippen molar-refractivity contribution in [2.24, 2.45) is 0 Å². The maximum Gasteiger partial charge on any atom is 0.286 e. The topological polar surface area (TPSA) is 76.0 Å². The van der Waals surface area contributed by atoms with E-state index in [-0.39, 0.29) is 31.9 Å². The van der Waals surface area contributed by atoms with E-state index < -0.39 is 10.5 Å². The van der Waals surface area contributed by atoms with Crippen molar-refractivity contribution in [3.05, 3.63) is 59.9 Å². The standard InChI is InChI=1S/C11H5Cl3N2O3/c12-8-3-10(14)9(13)2-6(8)7-1-5(16(18)19)4-15-11(7)17/h1-4H,(H,15,17). The van der Waals surface area contributed by atoms with E-state index in [0.717, 1.165) is 12.3 Å². The predicted molar refractivity (Wildman–Crippen MR) is 74.2 cm³/mol. The van der Waals surface area contributed by atoms with Gasteiger partial charge < -0.3 is 4.98 Å². The monoisotopic (exact) mass is 318 g/mol. The molecule has 0 amide bonds. The maximum atomic E-state index is 11.7. The Kier molecular flexibility index (Phi) is 3.80. The summed E-state index contributed by atoms with van der Waals surface area (Å²) in [6.07, 6.45) is 1.01. The fourth-order valence-corrected chi connectivity index (χ4v) is 2.16. The molecule has 1 N–H and O–H groups in total. The average Bonchev–Trinajstić information content (AvgIpc) is 2.34. The second-order valence-electron chi connectivity index (χ2n) is 3.60. The fourth-order valence-electron chi connectivity index (χ4n) is 1.51. The molecule has 1 heterocycles. The average molecular weight is 320 g/mol. The molecule has 8 heteroatoms. The third-order valence-corrected chi connectivity index (χ3v) is 3.43. The molecule has 0 bridgehead atoms. The van der Waals surface area contributed by atoms with E-state index in [2.05, 4.69) is 4.98 Å². The lowest BCUT2D eigenvalue weighted by molar-refractivity contribution is -0.385. The van der Waals surface area contributed by atoms with E-state index in [4.69, 9.17) is 34.8 Å². The summed E-state index contributed by atoms with van der Waals surface area (Å²) < 4.78 is 0. The van der Waals surface area contributed by atoms with E-state index in [1.165, 1.54) is 12.1 Å². The molecule has 0 saturated carbocycles. The fraction of sp³-hybridized carbons (Fsp3) is 0. The molecule has 2 aromatic rings. The van der Waals surface area contributed by atoms with Crippen LogP contribution in [0.1, 0.15) is 0 Å². The van der Waals surface area contributed by atoms with E-state index in [0.29, 0.717) is 0 Å². The minimum atomic E-state index is -0.620. The lowest BCUT2D eigenvalue weighted by atomic mass is 10.1. The summed E-state index contributed by atoms with van der Waals surface area (Å²) in [5.41, 5.74) is -0.429. The number of aromatic nitrogens is 1. The normalized spacial score (nSPS) is 10.5. The summed E-state index contributed by atoms with van der Waals surface area (Å²) in [5, 5.41) is 11.3. The van der Waals surface area contributed by atoms with E-state index in [9.17, 15) is 14.9 Å². The number of benzene rings is 1. The highest BCUT2D eigenvalue weighted by molar-refractivity contribution is 6.44. The summed E-state index contributed by atoms with van der Waals surface area (Å²) >= 11 is 17.6. The number of hydrogen-bond donors (Lipinski definition) is 1. The van der Waals surface area contributed by atoms with Crippen LogP contribution in [0.5, 0.6) is 0 Å². The van der Waals surface area contributed by atoms with Crippen LogP contribution in [0, 0.1) is 10.1 Å². The van der Waals surface area contributed by atoms with Gasteiger partial charge in [-0.2, -0.15) is 0 Å². The number of nitrogens with zero attached hydrogens (tertiary/aromatic N) is 1. The number of aromatic amines is 1. The van der Waals surface area contributed by atoms with Crippen LogP contribution in [0.3, 0.4) is 0 Å². The van der Waals surface area contributed by atoms with Crippen molar-refractivity contribution >= 4 is 40.5 Å². The van der Waals surface area contributed by atoms with E-state index in [1.54, 1.807) is 0 Å². The summed E-state index contributed by atoms with van der Waals surface area (Å²) in [6.45, 7) is 0. The van der Waals surface area contributed by atoms with Crippen molar-refractivity contribution in [1.82, 2.24) is 4.98 Å². The van der Waals surface area contributed by atoms with Crippen molar-refractivity contribution in [2.75, 3.05) is 0 Å². The minimum Gasteiger partial charge on any atom is -0.322 e. The number of H-pyrrole nitrogens is 1. The predicted octanol–water partition coefficient (Wildman–Crippen LogP) is 3.91. The highest BCUT2D eigenvalue weighted by Gasteiger charge is 2.15. The Labute approximate surface area is 121 Å². The van der Waals surface area contributed by atoms with Crippen LogP contribution in [0.25, 0.3) is 11.1 Å². The van der Waals surface area contributed by atoms with Crippen LogP contribution in [0.15, 0.2) is 29.2 Å². The Morgan fingerprint density at radius 3 is 2.26 bits per heavy atom. The van der Waals surface area contributed by atoms with Gasteiger partial charge in [0.15, 0.2) is 0 Å². The van der Waals surface area contributed by atoms with Gasteiger partial charge in [0.05, 0.1) is 31.8 Å². The molecule has 98 valence electrons. The molecule has 0 atom stereocenters. The zero-order valence-corrected chi connectivity index (χ0v) is 11.4. The number of hydrogen-bond acceptors (Lipinski definition) is 3. The number of pyridine rings is 1. The largest absolute Gasteiger partial charge is 0.322 e. The molecule has 1 aromatic carbocycles. The third-order valence-electron chi connectivity index (χ3n) is 2.40. The molecule has 0 aliphatic heterocycles. The van der Waals surface area contributed by atoms with Gasteiger partial charge in [-0.3, -0.25) is 14.9 Å². The highest BCUT2D eigenvalue weighted by Crippen LogP contribution is 2.34. The van der Waals surface area contributed by atoms with Crippen LogP contribution in [-0.4, -0.2) is 9.91 Å². The van der Waals surface area contributed by atoms with Crippen LogP contribution in [0.2, 0.25) is 15.1 Å². The van der Waals surface area contributed by atoms with Gasteiger partial charge in [-0.05, 0) is 12.1 Å². The van der Waals surface area contributed by atoms with E-state index >= 15 is 0 Å². The first-order chi connectivity index (χ1) is 8.90. The van der Waals surface area contributed by atoms with Gasteiger partial charge in [0.2, 0.25) is 0 Å². The molecule has 0 radical (unpaired) electrons. The van der Waals surface area contributed by atoms with Crippen LogP contribution in [-0.2, 0) is 0 Å². The van der Waals surface area contributed by atoms with Gasteiger partial charge in [0.25, 0.3) is 11.2 Å². The molecule has 0 saturated heterocycles. The molecule has 2 rings (SSSR count). The molecule has 0 aliphatic rings. The summed E-state index contributed by atoms with van der Waals surface area (Å²) in [7, 11) is 0. The van der Waals surface area contributed by atoms with Crippen LogP contribution in [0.4, 0.5) is 5.69 Å². The molecule has 0 spiro atoms. The minimum absolute atomic E-state index is 0.0535. The first kappa shape index (κ1) is 13.9. The molecular formula is C11H5Cl3N2O3. The number of halogens is 3. The lowest BCUT2D eigenvalue weighted by Crippen LogP contribution is -2.09. The summed E-state index contributed by atoms with van der Waals surface area (Å²) in [5.74, 6) is 0. The second-order valence-corrected chi connectivity index (χ2v) is 4.83. The van der Waals surface area contributed by atoms with Crippen LogP contribution >= 0.6 is 34.8 Å². The number of rotatable bonds is 2. The molecule has 19 heavy (non-hydrogen) atoms. The van der Waals surface area contributed by atoms with Gasteiger partial charge in [0, 0.05) is 11.6 Å². The number of nitro groups is 1. The smallest absolute Gasteiger partial charge is 0.286 e. The zero-order chi connectivity index (χ0) is 14.2. The molecular weight excluding hydrogens is 314 g/mol. The zero-order valence-electron chi connectivity index (χ0n) is 9.12.